The second-order valence-electron chi connectivity index (χ2n) is 4.88. The van der Waals surface area contributed by atoms with E-state index in [0.29, 0.717) is 29.1 Å². The molecule has 1 aromatic carbocycles. The van der Waals surface area contributed by atoms with E-state index in [9.17, 15) is 0 Å². The standard InChI is InChI=1S/C15H19N3O2/c1-9(2)13-7-10(3)17-15(18-13)20-14-8-11(19-4)5-6-12(14)16/h5-9H,16H2,1-4H3. The van der Waals surface area contributed by atoms with E-state index in [1.54, 1.807) is 25.3 Å². The number of nitrogens with two attached hydrogens (primary N) is 1. The van der Waals surface area contributed by atoms with Gasteiger partial charge in [-0.15, -0.1) is 0 Å². The van der Waals surface area contributed by atoms with E-state index in [-0.39, 0.29) is 0 Å². The Morgan fingerprint density at radius 1 is 1.15 bits per heavy atom. The van der Waals surface area contributed by atoms with Crippen LogP contribution in [-0.2, 0) is 0 Å². The van der Waals surface area contributed by atoms with Crippen LogP contribution in [0, 0.1) is 6.92 Å². The molecule has 0 bridgehead atoms. The summed E-state index contributed by atoms with van der Waals surface area (Å²) in [6.45, 7) is 6.06. The Kier molecular flexibility index (Phi) is 4.08. The molecule has 2 aromatic rings. The molecule has 0 spiro atoms. The van der Waals surface area contributed by atoms with E-state index in [1.165, 1.54) is 0 Å². The van der Waals surface area contributed by atoms with Gasteiger partial charge >= 0.3 is 6.01 Å². The summed E-state index contributed by atoms with van der Waals surface area (Å²) in [5.41, 5.74) is 8.21. The van der Waals surface area contributed by atoms with Crippen LogP contribution in [-0.4, -0.2) is 17.1 Å². The van der Waals surface area contributed by atoms with E-state index >= 15 is 0 Å². The Balaban J connectivity index is 2.34. The Morgan fingerprint density at radius 2 is 1.90 bits per heavy atom. The van der Waals surface area contributed by atoms with Crippen molar-refractivity contribution < 1.29 is 9.47 Å². The molecule has 0 fully saturated rings. The van der Waals surface area contributed by atoms with Crippen LogP contribution in [0.4, 0.5) is 5.69 Å². The maximum Gasteiger partial charge on any atom is 0.322 e. The SMILES string of the molecule is COc1ccc(N)c(Oc2nc(C)cc(C(C)C)n2)c1. The molecule has 0 saturated carbocycles. The van der Waals surface area contributed by atoms with Crippen LogP contribution in [0.25, 0.3) is 0 Å². The number of methoxy groups -OCH3 is 1. The van der Waals surface area contributed by atoms with Crippen LogP contribution < -0.4 is 15.2 Å². The number of aryl methyl sites for hydroxylation is 1. The third-order valence-corrected chi connectivity index (χ3v) is 2.87. The highest BCUT2D eigenvalue weighted by Gasteiger charge is 2.10. The van der Waals surface area contributed by atoms with Crippen molar-refractivity contribution in [3.63, 3.8) is 0 Å². The zero-order valence-electron chi connectivity index (χ0n) is 12.2. The van der Waals surface area contributed by atoms with Crippen molar-refractivity contribution in [1.29, 1.82) is 0 Å². The minimum absolute atomic E-state index is 0.300. The molecule has 2 rings (SSSR count). The lowest BCUT2D eigenvalue weighted by Crippen LogP contribution is -2.01. The Bertz CT molecular complexity index is 612. The van der Waals surface area contributed by atoms with Crippen LogP contribution in [0.1, 0.15) is 31.2 Å². The number of benzene rings is 1. The summed E-state index contributed by atoms with van der Waals surface area (Å²) in [7, 11) is 1.59. The molecule has 0 aliphatic carbocycles. The van der Waals surface area contributed by atoms with Crippen LogP contribution >= 0.6 is 0 Å². The number of aromatic nitrogens is 2. The molecule has 2 N–H and O–H groups in total. The van der Waals surface area contributed by atoms with Crippen molar-refractivity contribution in [2.45, 2.75) is 26.7 Å². The smallest absolute Gasteiger partial charge is 0.322 e. The van der Waals surface area contributed by atoms with Gasteiger partial charge in [0.15, 0.2) is 5.75 Å². The van der Waals surface area contributed by atoms with Gasteiger partial charge < -0.3 is 15.2 Å². The lowest BCUT2D eigenvalue weighted by atomic mass is 10.1. The fourth-order valence-corrected chi connectivity index (χ4v) is 1.73. The van der Waals surface area contributed by atoms with E-state index in [2.05, 4.69) is 23.8 Å². The molecule has 20 heavy (non-hydrogen) atoms. The first-order valence-corrected chi connectivity index (χ1v) is 6.46. The molecular formula is C15H19N3O2. The van der Waals surface area contributed by atoms with Crippen LogP contribution in [0.3, 0.4) is 0 Å². The average molecular weight is 273 g/mol. The van der Waals surface area contributed by atoms with Crippen molar-refractivity contribution in [3.8, 4) is 17.5 Å². The zero-order valence-corrected chi connectivity index (χ0v) is 12.2. The lowest BCUT2D eigenvalue weighted by molar-refractivity contribution is 0.404. The highest BCUT2D eigenvalue weighted by atomic mass is 16.5. The monoisotopic (exact) mass is 273 g/mol. The second-order valence-corrected chi connectivity index (χ2v) is 4.88. The van der Waals surface area contributed by atoms with Crippen molar-refractivity contribution in [3.05, 3.63) is 35.7 Å². The molecule has 0 aliphatic heterocycles. The van der Waals surface area contributed by atoms with Crippen molar-refractivity contribution in [1.82, 2.24) is 9.97 Å². The lowest BCUT2D eigenvalue weighted by Gasteiger charge is -2.11. The zero-order chi connectivity index (χ0) is 14.7. The van der Waals surface area contributed by atoms with E-state index in [1.807, 2.05) is 13.0 Å². The average Bonchev–Trinajstić information content (AvgIpc) is 2.40. The van der Waals surface area contributed by atoms with Gasteiger partial charge in [-0.2, -0.15) is 4.98 Å². The van der Waals surface area contributed by atoms with E-state index in [0.717, 1.165) is 11.4 Å². The molecule has 106 valence electrons. The van der Waals surface area contributed by atoms with Crippen molar-refractivity contribution in [2.75, 3.05) is 12.8 Å². The largest absolute Gasteiger partial charge is 0.497 e. The fraction of sp³-hybridized carbons (Fsp3) is 0.333. The molecule has 0 saturated heterocycles. The normalized spacial score (nSPS) is 10.7. The molecule has 0 atom stereocenters. The number of anilines is 1. The van der Waals surface area contributed by atoms with E-state index < -0.39 is 0 Å². The maximum absolute atomic E-state index is 5.89. The molecule has 0 aliphatic rings. The molecule has 1 aromatic heterocycles. The summed E-state index contributed by atoms with van der Waals surface area (Å²) in [4.78, 5) is 8.67. The van der Waals surface area contributed by atoms with Gasteiger partial charge in [0, 0.05) is 11.8 Å². The number of nitrogen functional groups attached to an aromatic ring is 1. The topological polar surface area (TPSA) is 70.3 Å². The van der Waals surface area contributed by atoms with Gasteiger partial charge in [-0.25, -0.2) is 4.98 Å². The highest BCUT2D eigenvalue weighted by molar-refractivity contribution is 5.56. The van der Waals surface area contributed by atoms with Gasteiger partial charge in [-0.1, -0.05) is 13.8 Å². The van der Waals surface area contributed by atoms with Gasteiger partial charge in [0.05, 0.1) is 18.5 Å². The molecular weight excluding hydrogens is 254 g/mol. The minimum atomic E-state index is 0.300. The van der Waals surface area contributed by atoms with Crippen molar-refractivity contribution >= 4 is 5.69 Å². The number of ether oxygens (including phenoxy) is 2. The van der Waals surface area contributed by atoms with E-state index in [4.69, 9.17) is 15.2 Å². The summed E-state index contributed by atoms with van der Waals surface area (Å²) >= 11 is 0. The third kappa shape index (κ3) is 3.17. The number of hydrogen-bond acceptors (Lipinski definition) is 5. The Morgan fingerprint density at radius 3 is 2.55 bits per heavy atom. The number of nitrogens with zero attached hydrogens (tertiary/aromatic N) is 2. The second kappa shape index (κ2) is 5.77. The number of rotatable bonds is 4. The van der Waals surface area contributed by atoms with Crippen LogP contribution in [0.5, 0.6) is 17.5 Å². The first kappa shape index (κ1) is 14.1. The first-order chi connectivity index (χ1) is 9.49. The highest BCUT2D eigenvalue weighted by Crippen LogP contribution is 2.30. The number of hydrogen-bond donors (Lipinski definition) is 1. The van der Waals surface area contributed by atoms with Crippen LogP contribution in [0.15, 0.2) is 24.3 Å². The van der Waals surface area contributed by atoms with Gasteiger partial charge in [0.2, 0.25) is 0 Å². The van der Waals surface area contributed by atoms with Gasteiger partial charge in [0.25, 0.3) is 0 Å². The fourth-order valence-electron chi connectivity index (χ4n) is 1.73. The molecule has 1 heterocycles. The molecule has 0 radical (unpaired) electrons. The predicted molar refractivity (Wildman–Crippen MR) is 78.3 cm³/mol. The molecule has 0 unspecified atom stereocenters. The summed E-state index contributed by atoms with van der Waals surface area (Å²) in [5, 5.41) is 0. The van der Waals surface area contributed by atoms with Gasteiger partial charge in [0.1, 0.15) is 5.75 Å². The Hall–Kier alpha value is -2.30. The maximum atomic E-state index is 5.89. The molecule has 5 heteroatoms. The van der Waals surface area contributed by atoms with Crippen LogP contribution in [0.2, 0.25) is 0 Å². The summed E-state index contributed by atoms with van der Waals surface area (Å²) in [5.74, 6) is 1.47. The molecule has 5 nitrogen and oxygen atoms in total. The minimum Gasteiger partial charge on any atom is -0.497 e. The summed E-state index contributed by atoms with van der Waals surface area (Å²) in [6, 6.07) is 7.47. The Labute approximate surface area is 118 Å². The predicted octanol–water partition coefficient (Wildman–Crippen LogP) is 3.29. The quantitative estimate of drug-likeness (QED) is 0.865. The summed E-state index contributed by atoms with van der Waals surface area (Å²) in [6.07, 6.45) is 0. The third-order valence-electron chi connectivity index (χ3n) is 2.87. The first-order valence-electron chi connectivity index (χ1n) is 6.46. The molecule has 0 amide bonds. The summed E-state index contributed by atoms with van der Waals surface area (Å²) < 4.78 is 10.9. The van der Waals surface area contributed by atoms with Gasteiger partial charge in [-0.05, 0) is 31.0 Å². The van der Waals surface area contributed by atoms with Gasteiger partial charge in [-0.3, -0.25) is 0 Å². The van der Waals surface area contributed by atoms with Crippen molar-refractivity contribution in [2.24, 2.45) is 0 Å².